The van der Waals surface area contributed by atoms with Gasteiger partial charge in [-0.3, -0.25) is 4.79 Å². The molecule has 2 aromatic rings. The Kier molecular flexibility index (Phi) is 4.52. The molecule has 0 bridgehead atoms. The van der Waals surface area contributed by atoms with Crippen molar-refractivity contribution in [3.05, 3.63) is 46.8 Å². The first-order chi connectivity index (χ1) is 11.8. The van der Waals surface area contributed by atoms with E-state index in [0.717, 1.165) is 51.1 Å². The molecule has 5 heteroatoms. The number of rotatable bonds is 3. The molecule has 4 nitrogen and oxygen atoms in total. The standard InChI is InChI=1S/C19H23N3OS/c23-19(22-11-4-6-17(22)16-8-12-24-14-16)15-5-3-10-21(13-15)18-7-1-2-9-20-18/h1-2,7-9,12,14-15,17H,3-6,10-11,13H2/t15-,17-/m1/s1. The second-order valence-corrected chi connectivity index (χ2v) is 7.50. The molecule has 2 saturated heterocycles. The molecule has 126 valence electrons. The highest BCUT2D eigenvalue weighted by molar-refractivity contribution is 7.07. The van der Waals surface area contributed by atoms with E-state index in [1.807, 2.05) is 24.4 Å². The molecule has 2 fully saturated rings. The molecule has 2 aromatic heterocycles. The lowest BCUT2D eigenvalue weighted by Crippen LogP contribution is -2.44. The zero-order valence-corrected chi connectivity index (χ0v) is 14.6. The number of hydrogen-bond acceptors (Lipinski definition) is 4. The maximum Gasteiger partial charge on any atom is 0.227 e. The van der Waals surface area contributed by atoms with Gasteiger partial charge >= 0.3 is 0 Å². The fourth-order valence-corrected chi connectivity index (χ4v) is 4.71. The number of carbonyl (C=O) groups excluding carboxylic acids is 1. The van der Waals surface area contributed by atoms with Crippen LogP contribution in [0.2, 0.25) is 0 Å². The van der Waals surface area contributed by atoms with E-state index in [-0.39, 0.29) is 12.0 Å². The number of carbonyl (C=O) groups is 1. The van der Waals surface area contributed by atoms with Crippen LogP contribution >= 0.6 is 11.3 Å². The van der Waals surface area contributed by atoms with E-state index in [9.17, 15) is 4.79 Å². The second-order valence-electron chi connectivity index (χ2n) is 6.72. The Labute approximate surface area is 147 Å². The first kappa shape index (κ1) is 15.6. The summed E-state index contributed by atoms with van der Waals surface area (Å²) in [5.41, 5.74) is 1.31. The number of pyridine rings is 1. The number of thiophene rings is 1. The van der Waals surface area contributed by atoms with Crippen LogP contribution in [0.3, 0.4) is 0 Å². The Hall–Kier alpha value is -1.88. The van der Waals surface area contributed by atoms with Gasteiger partial charge in [0.15, 0.2) is 0 Å². The maximum absolute atomic E-state index is 13.2. The second kappa shape index (κ2) is 6.93. The summed E-state index contributed by atoms with van der Waals surface area (Å²) in [4.78, 5) is 22.0. The lowest BCUT2D eigenvalue weighted by molar-refractivity contribution is -0.136. The smallest absolute Gasteiger partial charge is 0.227 e. The van der Waals surface area contributed by atoms with Crippen LogP contribution in [0.1, 0.15) is 37.3 Å². The van der Waals surface area contributed by atoms with Gasteiger partial charge in [-0.1, -0.05) is 6.07 Å². The largest absolute Gasteiger partial charge is 0.356 e. The van der Waals surface area contributed by atoms with Gasteiger partial charge in [0, 0.05) is 25.8 Å². The summed E-state index contributed by atoms with van der Waals surface area (Å²) < 4.78 is 0. The lowest BCUT2D eigenvalue weighted by Gasteiger charge is -2.36. The summed E-state index contributed by atoms with van der Waals surface area (Å²) >= 11 is 1.72. The Morgan fingerprint density at radius 2 is 2.08 bits per heavy atom. The third-order valence-electron chi connectivity index (χ3n) is 5.21. The van der Waals surface area contributed by atoms with Gasteiger partial charge in [0.2, 0.25) is 5.91 Å². The van der Waals surface area contributed by atoms with Gasteiger partial charge in [-0.2, -0.15) is 11.3 Å². The van der Waals surface area contributed by atoms with Crippen molar-refractivity contribution in [3.8, 4) is 0 Å². The molecule has 0 N–H and O–H groups in total. The monoisotopic (exact) mass is 341 g/mol. The number of hydrogen-bond donors (Lipinski definition) is 0. The number of anilines is 1. The van der Waals surface area contributed by atoms with Crippen LogP contribution < -0.4 is 4.90 Å². The molecule has 4 heterocycles. The Morgan fingerprint density at radius 1 is 1.17 bits per heavy atom. The van der Waals surface area contributed by atoms with E-state index in [4.69, 9.17) is 0 Å². The molecule has 0 aliphatic carbocycles. The van der Waals surface area contributed by atoms with Crippen molar-refractivity contribution in [1.29, 1.82) is 0 Å². The fourth-order valence-electron chi connectivity index (χ4n) is 4.00. The molecule has 0 saturated carbocycles. The van der Waals surface area contributed by atoms with Crippen LogP contribution in [0, 0.1) is 5.92 Å². The highest BCUT2D eigenvalue weighted by Gasteiger charge is 2.36. The van der Waals surface area contributed by atoms with Gasteiger partial charge in [0.25, 0.3) is 0 Å². The van der Waals surface area contributed by atoms with Gasteiger partial charge in [0.05, 0.1) is 12.0 Å². The third-order valence-corrected chi connectivity index (χ3v) is 5.91. The van der Waals surface area contributed by atoms with E-state index in [1.165, 1.54) is 5.56 Å². The first-order valence-electron chi connectivity index (χ1n) is 8.81. The highest BCUT2D eigenvalue weighted by Crippen LogP contribution is 2.35. The number of likely N-dealkylation sites (tertiary alicyclic amines) is 1. The predicted octanol–water partition coefficient (Wildman–Crippen LogP) is 3.72. The number of piperidine rings is 1. The molecule has 2 atom stereocenters. The van der Waals surface area contributed by atoms with Crippen molar-refractivity contribution in [3.63, 3.8) is 0 Å². The number of aromatic nitrogens is 1. The molecular formula is C19H23N3OS. The average Bonchev–Trinajstić information content (AvgIpc) is 3.33. The quantitative estimate of drug-likeness (QED) is 0.854. The normalized spacial score (nSPS) is 24.3. The van der Waals surface area contributed by atoms with Crippen molar-refractivity contribution >= 4 is 23.1 Å². The third kappa shape index (κ3) is 3.05. The molecule has 0 radical (unpaired) electrons. The molecule has 0 aromatic carbocycles. The SMILES string of the molecule is O=C([C@@H]1CCCN(c2ccccn2)C1)N1CCC[C@@H]1c1ccsc1. The Morgan fingerprint density at radius 3 is 2.88 bits per heavy atom. The number of nitrogens with zero attached hydrogens (tertiary/aromatic N) is 3. The average molecular weight is 341 g/mol. The van der Waals surface area contributed by atoms with Crippen LogP contribution in [0.25, 0.3) is 0 Å². The van der Waals surface area contributed by atoms with Crippen LogP contribution in [-0.4, -0.2) is 35.4 Å². The van der Waals surface area contributed by atoms with Crippen LogP contribution in [0.4, 0.5) is 5.82 Å². The highest BCUT2D eigenvalue weighted by atomic mass is 32.1. The Bertz CT molecular complexity index is 673. The summed E-state index contributed by atoms with van der Waals surface area (Å²) in [5, 5.41) is 4.30. The topological polar surface area (TPSA) is 36.4 Å². The van der Waals surface area contributed by atoms with Crippen LogP contribution in [-0.2, 0) is 4.79 Å². The van der Waals surface area contributed by atoms with Gasteiger partial charge < -0.3 is 9.80 Å². The first-order valence-corrected chi connectivity index (χ1v) is 9.76. The van der Waals surface area contributed by atoms with E-state index < -0.39 is 0 Å². The van der Waals surface area contributed by atoms with Crippen molar-refractivity contribution in [2.75, 3.05) is 24.5 Å². The van der Waals surface area contributed by atoms with E-state index in [2.05, 4.69) is 31.6 Å². The van der Waals surface area contributed by atoms with Crippen molar-refractivity contribution < 1.29 is 4.79 Å². The molecule has 24 heavy (non-hydrogen) atoms. The fraction of sp³-hybridized carbons (Fsp3) is 0.474. The molecule has 2 aliphatic rings. The van der Waals surface area contributed by atoms with E-state index >= 15 is 0 Å². The summed E-state index contributed by atoms with van der Waals surface area (Å²) in [5.74, 6) is 1.43. The van der Waals surface area contributed by atoms with Crippen molar-refractivity contribution in [2.45, 2.75) is 31.7 Å². The van der Waals surface area contributed by atoms with Crippen LogP contribution in [0.5, 0.6) is 0 Å². The van der Waals surface area contributed by atoms with Gasteiger partial charge in [-0.25, -0.2) is 4.98 Å². The molecule has 1 amide bonds. The molecule has 2 aliphatic heterocycles. The van der Waals surface area contributed by atoms with Crippen molar-refractivity contribution in [2.24, 2.45) is 5.92 Å². The van der Waals surface area contributed by atoms with Crippen LogP contribution in [0.15, 0.2) is 41.2 Å². The van der Waals surface area contributed by atoms with Gasteiger partial charge in [0.1, 0.15) is 5.82 Å². The summed E-state index contributed by atoms with van der Waals surface area (Å²) in [7, 11) is 0. The summed E-state index contributed by atoms with van der Waals surface area (Å²) in [6.07, 6.45) is 6.09. The molecule has 0 spiro atoms. The lowest BCUT2D eigenvalue weighted by atomic mass is 9.95. The minimum absolute atomic E-state index is 0.0972. The zero-order valence-electron chi connectivity index (χ0n) is 13.8. The molecule has 4 rings (SSSR count). The van der Waals surface area contributed by atoms with E-state index in [1.54, 1.807) is 11.3 Å². The van der Waals surface area contributed by atoms with E-state index in [0.29, 0.717) is 5.91 Å². The minimum atomic E-state index is 0.0972. The molecular weight excluding hydrogens is 318 g/mol. The van der Waals surface area contributed by atoms with Gasteiger partial charge in [-0.15, -0.1) is 0 Å². The summed E-state index contributed by atoms with van der Waals surface area (Å²) in [6, 6.07) is 8.44. The predicted molar refractivity (Wildman–Crippen MR) is 97.2 cm³/mol. The maximum atomic E-state index is 13.2. The van der Waals surface area contributed by atoms with Gasteiger partial charge in [-0.05, 0) is 60.2 Å². The van der Waals surface area contributed by atoms with Crippen molar-refractivity contribution in [1.82, 2.24) is 9.88 Å². The Balaban J connectivity index is 1.47. The summed E-state index contributed by atoms with van der Waals surface area (Å²) in [6.45, 7) is 2.69. The molecule has 0 unspecified atom stereocenters. The zero-order chi connectivity index (χ0) is 16.4. The minimum Gasteiger partial charge on any atom is -0.356 e. The number of amides is 1.